The van der Waals surface area contributed by atoms with Crippen LogP contribution in [0.4, 0.5) is 0 Å². The number of sulfone groups is 1. The van der Waals surface area contributed by atoms with Gasteiger partial charge in [0.25, 0.3) is 0 Å². The standard InChI is InChI=1S/C24H30NO6S2/c1-3-31-24(26)21(18-32(27,28)22-7-5-4-6-8-22)12-11-20-15-16-25(17-20)33(29,30)23-13-9-19(2)10-14-23/h4-10,13-14,20H,3,11-12,15-18H2,1-2H3/t20-/m1/s1. The van der Waals surface area contributed by atoms with Gasteiger partial charge in [-0.3, -0.25) is 4.79 Å². The number of ether oxygens (including phenoxy) is 1. The van der Waals surface area contributed by atoms with E-state index in [1.165, 1.54) is 16.4 Å². The molecule has 2 aromatic rings. The van der Waals surface area contributed by atoms with Crippen molar-refractivity contribution in [3.05, 3.63) is 66.1 Å². The fraction of sp³-hybridized carbons (Fsp3) is 0.417. The minimum atomic E-state index is -3.69. The summed E-state index contributed by atoms with van der Waals surface area (Å²) in [5.41, 5.74) is 0.987. The molecule has 1 fully saturated rings. The Bertz CT molecular complexity index is 1150. The summed E-state index contributed by atoms with van der Waals surface area (Å²) in [7, 11) is -7.26. The lowest BCUT2D eigenvalue weighted by Crippen LogP contribution is -2.29. The van der Waals surface area contributed by atoms with E-state index in [-0.39, 0.29) is 34.7 Å². The van der Waals surface area contributed by atoms with Gasteiger partial charge in [-0.1, -0.05) is 35.9 Å². The predicted octanol–water partition coefficient (Wildman–Crippen LogP) is 3.40. The van der Waals surface area contributed by atoms with E-state index in [2.05, 4.69) is 0 Å². The van der Waals surface area contributed by atoms with Crippen molar-refractivity contribution in [1.82, 2.24) is 4.31 Å². The summed E-state index contributed by atoms with van der Waals surface area (Å²) in [5.74, 6) is -0.790. The van der Waals surface area contributed by atoms with Crippen molar-refractivity contribution < 1.29 is 26.4 Å². The van der Waals surface area contributed by atoms with Crippen LogP contribution in [0.2, 0.25) is 0 Å². The van der Waals surface area contributed by atoms with Crippen LogP contribution in [0.25, 0.3) is 0 Å². The van der Waals surface area contributed by atoms with Gasteiger partial charge in [-0.2, -0.15) is 4.31 Å². The van der Waals surface area contributed by atoms with E-state index < -0.39 is 31.6 Å². The molecule has 1 heterocycles. The van der Waals surface area contributed by atoms with Crippen LogP contribution in [0.1, 0.15) is 31.7 Å². The molecule has 33 heavy (non-hydrogen) atoms. The first-order valence-corrected chi connectivity index (χ1v) is 14.1. The summed E-state index contributed by atoms with van der Waals surface area (Å²) in [6.45, 7) is 4.47. The van der Waals surface area contributed by atoms with E-state index in [1.54, 1.807) is 49.4 Å². The van der Waals surface area contributed by atoms with E-state index in [4.69, 9.17) is 4.74 Å². The number of nitrogens with zero attached hydrogens (tertiary/aromatic N) is 1. The second kappa shape index (κ2) is 10.8. The summed E-state index contributed by atoms with van der Waals surface area (Å²) < 4.78 is 58.0. The molecular formula is C24H30NO6S2. The molecule has 1 saturated heterocycles. The highest BCUT2D eigenvalue weighted by atomic mass is 32.2. The number of benzene rings is 2. The number of hydrogen-bond donors (Lipinski definition) is 0. The number of rotatable bonds is 10. The zero-order valence-corrected chi connectivity index (χ0v) is 20.6. The van der Waals surface area contributed by atoms with E-state index in [9.17, 15) is 21.6 Å². The monoisotopic (exact) mass is 492 g/mol. The lowest BCUT2D eigenvalue weighted by molar-refractivity contribution is -0.140. The molecule has 0 bridgehead atoms. The minimum Gasteiger partial charge on any atom is -0.466 e. The van der Waals surface area contributed by atoms with Gasteiger partial charge < -0.3 is 4.74 Å². The van der Waals surface area contributed by atoms with Crippen molar-refractivity contribution in [2.24, 2.45) is 5.92 Å². The second-order valence-electron chi connectivity index (χ2n) is 8.27. The highest BCUT2D eigenvalue weighted by Gasteiger charge is 2.34. The Morgan fingerprint density at radius 2 is 1.67 bits per heavy atom. The van der Waals surface area contributed by atoms with Gasteiger partial charge in [-0.15, -0.1) is 0 Å². The molecule has 179 valence electrons. The molecule has 0 amide bonds. The van der Waals surface area contributed by atoms with Gasteiger partial charge in [0.15, 0.2) is 9.84 Å². The SMILES string of the molecule is CCOC(=O)[C](CC[C@@H]1CCN(S(=O)(=O)c2ccc(C)cc2)C1)CS(=O)(=O)c1ccccc1. The summed E-state index contributed by atoms with van der Waals surface area (Å²) in [6, 6.07) is 14.8. The summed E-state index contributed by atoms with van der Waals surface area (Å²) in [5, 5.41) is 0. The zero-order chi connectivity index (χ0) is 24.1. The first kappa shape index (κ1) is 25.4. The highest BCUT2D eigenvalue weighted by molar-refractivity contribution is 7.91. The number of sulfonamides is 1. The Labute approximate surface area is 196 Å². The summed E-state index contributed by atoms with van der Waals surface area (Å²) in [4.78, 5) is 12.9. The third-order valence-corrected chi connectivity index (χ3v) is 9.39. The molecule has 0 unspecified atom stereocenters. The molecule has 0 N–H and O–H groups in total. The van der Waals surface area contributed by atoms with Crippen molar-refractivity contribution in [2.75, 3.05) is 25.4 Å². The third kappa shape index (κ3) is 6.43. The maximum absolute atomic E-state index is 12.9. The van der Waals surface area contributed by atoms with Gasteiger partial charge in [0.1, 0.15) is 0 Å². The van der Waals surface area contributed by atoms with Crippen molar-refractivity contribution in [1.29, 1.82) is 0 Å². The van der Waals surface area contributed by atoms with Crippen LogP contribution in [0.3, 0.4) is 0 Å². The molecule has 1 atom stereocenters. The summed E-state index contributed by atoms with van der Waals surface area (Å²) in [6.07, 6.45) is 1.42. The molecule has 2 aromatic carbocycles. The van der Waals surface area contributed by atoms with Crippen molar-refractivity contribution in [2.45, 2.75) is 42.9 Å². The molecule has 0 aromatic heterocycles. The average molecular weight is 493 g/mol. The van der Waals surface area contributed by atoms with Crippen LogP contribution in [-0.4, -0.2) is 52.6 Å². The number of carbonyl (C=O) groups excluding carboxylic acids is 1. The Kier molecular flexibility index (Phi) is 8.31. The molecule has 9 heteroatoms. The lowest BCUT2D eigenvalue weighted by Gasteiger charge is -2.19. The third-order valence-electron chi connectivity index (χ3n) is 5.79. The molecule has 3 rings (SSSR count). The second-order valence-corrected chi connectivity index (χ2v) is 12.2. The maximum Gasteiger partial charge on any atom is 0.314 e. The first-order valence-electron chi connectivity index (χ1n) is 11.0. The van der Waals surface area contributed by atoms with Gasteiger partial charge in [0, 0.05) is 13.1 Å². The molecule has 1 radical (unpaired) electrons. The van der Waals surface area contributed by atoms with Gasteiger partial charge in [0.05, 0.1) is 28.1 Å². The lowest BCUT2D eigenvalue weighted by atomic mass is 9.96. The Balaban J connectivity index is 1.65. The topological polar surface area (TPSA) is 97.8 Å². The first-order chi connectivity index (χ1) is 15.6. The van der Waals surface area contributed by atoms with E-state index in [0.717, 1.165) is 5.56 Å². The number of aryl methyl sites for hydroxylation is 1. The van der Waals surface area contributed by atoms with Gasteiger partial charge in [0.2, 0.25) is 10.0 Å². The van der Waals surface area contributed by atoms with Crippen LogP contribution in [0, 0.1) is 18.8 Å². The smallest absolute Gasteiger partial charge is 0.314 e. The van der Waals surface area contributed by atoms with Gasteiger partial charge >= 0.3 is 5.97 Å². The minimum absolute atomic E-state index is 0.0362. The van der Waals surface area contributed by atoms with Crippen molar-refractivity contribution >= 4 is 25.8 Å². The predicted molar refractivity (Wildman–Crippen MR) is 126 cm³/mol. The molecule has 0 spiro atoms. The average Bonchev–Trinajstić information content (AvgIpc) is 3.28. The fourth-order valence-corrected chi connectivity index (χ4v) is 6.89. The van der Waals surface area contributed by atoms with Crippen LogP contribution in [0.5, 0.6) is 0 Å². The van der Waals surface area contributed by atoms with Crippen LogP contribution in [-0.2, 0) is 29.4 Å². The Hall–Kier alpha value is -2.23. The number of esters is 1. The molecule has 1 aliphatic rings. The molecule has 7 nitrogen and oxygen atoms in total. The number of carbonyl (C=O) groups is 1. The molecular weight excluding hydrogens is 462 g/mol. The van der Waals surface area contributed by atoms with E-state index in [1.807, 2.05) is 6.92 Å². The molecule has 0 aliphatic carbocycles. The number of hydrogen-bond acceptors (Lipinski definition) is 6. The van der Waals surface area contributed by atoms with Crippen LogP contribution in [0.15, 0.2) is 64.4 Å². The molecule has 0 saturated carbocycles. The largest absolute Gasteiger partial charge is 0.466 e. The quantitative estimate of drug-likeness (QED) is 0.472. The van der Waals surface area contributed by atoms with Crippen LogP contribution < -0.4 is 0 Å². The van der Waals surface area contributed by atoms with Crippen molar-refractivity contribution in [3.8, 4) is 0 Å². The van der Waals surface area contributed by atoms with Crippen LogP contribution >= 0.6 is 0 Å². The molecule has 1 aliphatic heterocycles. The van der Waals surface area contributed by atoms with Gasteiger partial charge in [-0.25, -0.2) is 16.8 Å². The Morgan fingerprint density at radius 1 is 1.00 bits per heavy atom. The summed E-state index contributed by atoms with van der Waals surface area (Å²) >= 11 is 0. The van der Waals surface area contributed by atoms with E-state index in [0.29, 0.717) is 25.9 Å². The van der Waals surface area contributed by atoms with Gasteiger partial charge in [-0.05, 0) is 63.3 Å². The van der Waals surface area contributed by atoms with E-state index >= 15 is 0 Å². The fourth-order valence-electron chi connectivity index (χ4n) is 3.90. The highest BCUT2D eigenvalue weighted by Crippen LogP contribution is 2.30. The zero-order valence-electron chi connectivity index (χ0n) is 18.9. The normalized spacial score (nSPS) is 17.4. The maximum atomic E-state index is 12.9. The Morgan fingerprint density at radius 3 is 2.30 bits per heavy atom. The van der Waals surface area contributed by atoms with Crippen molar-refractivity contribution in [3.63, 3.8) is 0 Å².